The maximum absolute atomic E-state index is 12.6. The predicted molar refractivity (Wildman–Crippen MR) is 113 cm³/mol. The number of rotatable bonds is 3. The summed E-state index contributed by atoms with van der Waals surface area (Å²) < 4.78 is 6.23. The lowest BCUT2D eigenvalue weighted by Gasteiger charge is -2.56. The van der Waals surface area contributed by atoms with Gasteiger partial charge in [-0.25, -0.2) is 0 Å². The van der Waals surface area contributed by atoms with Gasteiger partial charge in [-0.05, 0) is 66.4 Å². The van der Waals surface area contributed by atoms with Crippen molar-refractivity contribution in [3.05, 3.63) is 59.1 Å². The highest BCUT2D eigenvalue weighted by molar-refractivity contribution is 5.87. The van der Waals surface area contributed by atoms with Crippen LogP contribution in [0.5, 0.6) is 0 Å². The summed E-state index contributed by atoms with van der Waals surface area (Å²) in [6, 6.07) is 10.2. The first-order valence-corrected chi connectivity index (χ1v) is 11.3. The number of allylic oxidation sites excluding steroid dienone is 3. The van der Waals surface area contributed by atoms with Crippen molar-refractivity contribution in [3.8, 4) is 0 Å². The number of ether oxygens (including phenoxy) is 1. The van der Waals surface area contributed by atoms with E-state index in [-0.39, 0.29) is 10.8 Å². The molecule has 0 radical (unpaired) electrons. The highest BCUT2D eigenvalue weighted by atomic mass is 16.5. The summed E-state index contributed by atoms with van der Waals surface area (Å²) in [5.41, 5.74) is 2.27. The second kappa shape index (κ2) is 6.75. The Morgan fingerprint density at radius 3 is 2.59 bits per heavy atom. The number of hydrogen-bond acceptors (Lipinski definition) is 3. The number of carbonyl (C=O) groups excluding carboxylic acids is 1. The van der Waals surface area contributed by atoms with Gasteiger partial charge in [0.15, 0.2) is 5.76 Å². The molecule has 4 aliphatic carbocycles. The summed E-state index contributed by atoms with van der Waals surface area (Å²) in [5.74, 6) is 3.31. The predicted octanol–water partition coefficient (Wildman–Crippen LogP) is 6.11. The summed E-state index contributed by atoms with van der Waals surface area (Å²) in [6.45, 7) is 5.09. The highest BCUT2D eigenvalue weighted by Gasteiger charge is 2.59. The zero-order valence-electron chi connectivity index (χ0n) is 17.6. The van der Waals surface area contributed by atoms with Crippen LogP contribution in [0.4, 0.5) is 0 Å². The van der Waals surface area contributed by atoms with Crippen molar-refractivity contribution >= 4 is 5.78 Å². The maximum atomic E-state index is 12.6. The molecule has 1 N–H and O–H groups in total. The van der Waals surface area contributed by atoms with Gasteiger partial charge < -0.3 is 9.84 Å². The molecule has 0 saturated heterocycles. The van der Waals surface area contributed by atoms with Gasteiger partial charge in [-0.15, -0.1) is 0 Å². The molecule has 2 fully saturated rings. The van der Waals surface area contributed by atoms with E-state index in [1.54, 1.807) is 0 Å². The minimum atomic E-state index is -0.0951. The van der Waals surface area contributed by atoms with Crippen molar-refractivity contribution in [1.29, 1.82) is 0 Å². The summed E-state index contributed by atoms with van der Waals surface area (Å²) in [4.78, 5) is 12.6. The van der Waals surface area contributed by atoms with E-state index in [1.165, 1.54) is 5.57 Å². The van der Waals surface area contributed by atoms with Gasteiger partial charge >= 0.3 is 0 Å². The molecule has 0 unspecified atom stereocenters. The van der Waals surface area contributed by atoms with Crippen LogP contribution in [-0.4, -0.2) is 10.9 Å². The van der Waals surface area contributed by atoms with Gasteiger partial charge in [-0.1, -0.05) is 50.3 Å². The first-order valence-electron chi connectivity index (χ1n) is 11.3. The molecule has 2 saturated carbocycles. The van der Waals surface area contributed by atoms with E-state index in [9.17, 15) is 9.90 Å². The van der Waals surface area contributed by atoms with E-state index in [0.717, 1.165) is 49.8 Å². The summed E-state index contributed by atoms with van der Waals surface area (Å²) in [6.07, 6.45) is 8.97. The second-order valence-corrected chi connectivity index (χ2v) is 10.1. The third-order valence-corrected chi connectivity index (χ3v) is 8.79. The maximum Gasteiger partial charge on any atom is 0.160 e. The van der Waals surface area contributed by atoms with Crippen molar-refractivity contribution in [2.75, 3.05) is 0 Å². The van der Waals surface area contributed by atoms with Gasteiger partial charge in [0.2, 0.25) is 0 Å². The Balaban J connectivity index is 1.44. The largest absolute Gasteiger partial charge is 0.508 e. The third kappa shape index (κ3) is 2.80. The number of fused-ring (bicyclic) bond motifs is 5. The lowest BCUT2D eigenvalue weighted by atomic mass is 9.48. The van der Waals surface area contributed by atoms with Crippen LogP contribution in [0.15, 0.2) is 53.5 Å². The van der Waals surface area contributed by atoms with Crippen LogP contribution in [0.25, 0.3) is 0 Å². The first kappa shape index (κ1) is 19.0. The van der Waals surface area contributed by atoms with Gasteiger partial charge in [-0.3, -0.25) is 4.79 Å². The van der Waals surface area contributed by atoms with Crippen LogP contribution in [0.1, 0.15) is 64.4 Å². The zero-order chi connectivity index (χ0) is 20.2. The molecule has 0 aliphatic heterocycles. The number of Topliss-reactive ketones (excluding diaryl/α,β-unsaturated/α-hetero) is 1. The Bertz CT molecular complexity index is 882. The Morgan fingerprint density at radius 1 is 1.03 bits per heavy atom. The molecule has 3 heteroatoms. The Labute approximate surface area is 173 Å². The molecule has 0 spiro atoms. The molecule has 0 heterocycles. The third-order valence-electron chi connectivity index (χ3n) is 8.79. The number of benzene rings is 1. The van der Waals surface area contributed by atoms with Crippen LogP contribution in [0.3, 0.4) is 0 Å². The molecule has 1 aromatic carbocycles. The molecule has 4 aliphatic rings. The summed E-state index contributed by atoms with van der Waals surface area (Å²) >= 11 is 0. The lowest BCUT2D eigenvalue weighted by Crippen LogP contribution is -2.50. The van der Waals surface area contributed by atoms with Gasteiger partial charge in [-0.2, -0.15) is 0 Å². The van der Waals surface area contributed by atoms with Crippen molar-refractivity contribution in [3.63, 3.8) is 0 Å². The van der Waals surface area contributed by atoms with Crippen molar-refractivity contribution in [2.45, 2.75) is 65.4 Å². The van der Waals surface area contributed by atoms with Crippen LogP contribution in [0.2, 0.25) is 0 Å². The van der Waals surface area contributed by atoms with Crippen LogP contribution in [0, 0.1) is 28.6 Å². The van der Waals surface area contributed by atoms with E-state index in [1.807, 2.05) is 18.2 Å². The topological polar surface area (TPSA) is 46.5 Å². The SMILES string of the molecule is C[C@]12CCC(O)=C(OCc3ccccc3)C1=CC[C@@H]1[C@@H]2CC[C@]2(C)C(=O)CC[C@@H]12. The number of aliphatic hydroxyl groups excluding tert-OH is 1. The molecule has 0 aromatic heterocycles. The summed E-state index contributed by atoms with van der Waals surface area (Å²) in [5, 5.41) is 10.7. The average Bonchev–Trinajstić information content (AvgIpc) is 3.03. The molecule has 29 heavy (non-hydrogen) atoms. The van der Waals surface area contributed by atoms with Crippen LogP contribution < -0.4 is 0 Å². The number of ketones is 1. The van der Waals surface area contributed by atoms with Crippen LogP contribution in [-0.2, 0) is 16.1 Å². The number of carbonyl (C=O) groups is 1. The Morgan fingerprint density at radius 2 is 1.79 bits per heavy atom. The first-order chi connectivity index (χ1) is 13.9. The van der Waals surface area contributed by atoms with Crippen molar-refractivity contribution in [2.24, 2.45) is 28.6 Å². The van der Waals surface area contributed by atoms with Crippen molar-refractivity contribution < 1.29 is 14.6 Å². The highest BCUT2D eigenvalue weighted by Crippen LogP contribution is 2.64. The lowest BCUT2D eigenvalue weighted by molar-refractivity contribution is -0.131. The Kier molecular flexibility index (Phi) is 4.42. The van der Waals surface area contributed by atoms with Gasteiger partial charge in [0.25, 0.3) is 0 Å². The minimum absolute atomic E-state index is 0.0358. The fraction of sp³-hybridized carbons (Fsp3) is 0.577. The number of hydrogen-bond donors (Lipinski definition) is 1. The van der Waals surface area contributed by atoms with E-state index in [0.29, 0.717) is 42.3 Å². The molecule has 0 amide bonds. The van der Waals surface area contributed by atoms with Crippen molar-refractivity contribution in [1.82, 2.24) is 0 Å². The molecule has 5 rings (SSSR count). The quantitative estimate of drug-likeness (QED) is 0.674. The fourth-order valence-corrected chi connectivity index (χ4v) is 7.08. The molecule has 5 atom stereocenters. The van der Waals surface area contributed by atoms with Crippen LogP contribution >= 0.6 is 0 Å². The molecule has 154 valence electrons. The molecule has 1 aromatic rings. The molecular weight excluding hydrogens is 360 g/mol. The smallest absolute Gasteiger partial charge is 0.160 e. The molecule has 3 nitrogen and oxygen atoms in total. The normalized spacial score (nSPS) is 38.8. The molecule has 0 bridgehead atoms. The molecular formula is C26H32O3. The van der Waals surface area contributed by atoms with E-state index in [2.05, 4.69) is 32.1 Å². The second-order valence-electron chi connectivity index (χ2n) is 10.1. The zero-order valence-corrected chi connectivity index (χ0v) is 17.6. The van der Waals surface area contributed by atoms with E-state index >= 15 is 0 Å². The minimum Gasteiger partial charge on any atom is -0.508 e. The van der Waals surface area contributed by atoms with Gasteiger partial charge in [0, 0.05) is 18.3 Å². The standard InChI is InChI=1S/C26H32O3/c1-25-15-13-22(27)24(29-16-17-6-4-3-5-7-17)21(25)9-8-18-19-10-11-23(28)26(19,2)14-12-20(18)25/h3-7,9,18-20,27H,8,10-16H2,1-2H3/t18-,19-,20-,25+,26-/m0/s1. The van der Waals surface area contributed by atoms with E-state index < -0.39 is 0 Å². The Hall–Kier alpha value is -2.03. The fourth-order valence-electron chi connectivity index (χ4n) is 7.08. The van der Waals surface area contributed by atoms with Gasteiger partial charge in [0.05, 0.1) is 0 Å². The summed E-state index contributed by atoms with van der Waals surface area (Å²) in [7, 11) is 0. The average molecular weight is 393 g/mol. The van der Waals surface area contributed by atoms with Gasteiger partial charge in [0.1, 0.15) is 18.1 Å². The number of aliphatic hydroxyl groups is 1. The monoisotopic (exact) mass is 392 g/mol. The van der Waals surface area contributed by atoms with E-state index in [4.69, 9.17) is 4.74 Å².